The maximum atomic E-state index is 14.4. The van der Waals surface area contributed by atoms with Crippen LogP contribution in [-0.4, -0.2) is 85.0 Å². The second-order valence-electron chi connectivity index (χ2n) is 13.3. The van der Waals surface area contributed by atoms with Gasteiger partial charge in [0.05, 0.1) is 36.1 Å². The van der Waals surface area contributed by atoms with Crippen molar-refractivity contribution in [2.75, 3.05) is 50.5 Å². The molecule has 5 rings (SSSR count). The van der Waals surface area contributed by atoms with Crippen LogP contribution in [0.3, 0.4) is 0 Å². The summed E-state index contributed by atoms with van der Waals surface area (Å²) in [6, 6.07) is 18.0. The number of ether oxygens (including phenoxy) is 2. The van der Waals surface area contributed by atoms with Gasteiger partial charge in [-0.15, -0.1) is 0 Å². The van der Waals surface area contributed by atoms with Crippen LogP contribution in [0.25, 0.3) is 10.8 Å². The summed E-state index contributed by atoms with van der Waals surface area (Å²) in [4.78, 5) is 31.6. The maximum Gasteiger partial charge on any atom is 0.323 e. The number of urea groups is 1. The summed E-state index contributed by atoms with van der Waals surface area (Å²) in [5.74, 6) is 1.02. The summed E-state index contributed by atoms with van der Waals surface area (Å²) in [6.07, 6.45) is 5.12. The quantitative estimate of drug-likeness (QED) is 0.259. The van der Waals surface area contributed by atoms with Gasteiger partial charge in [0.1, 0.15) is 5.75 Å². The molecule has 3 aromatic carbocycles. The lowest BCUT2D eigenvalue weighted by atomic mass is 10.0. The van der Waals surface area contributed by atoms with E-state index < -0.39 is 12.1 Å². The Morgan fingerprint density at radius 3 is 2.59 bits per heavy atom. The summed E-state index contributed by atoms with van der Waals surface area (Å²) in [5.41, 5.74) is 1.51. The SMILES string of the molecule is C[C@H](CO)N1C[C@H](C)[C@@H](CN(C)CC2CC2)OCCCC[C@H](C)Oc2ccc(NC(=O)Nc3cccc4ccccc34)cc2C1=O. The molecule has 3 amide bonds. The normalized spacial score (nSPS) is 22.1. The Morgan fingerprint density at radius 1 is 1.02 bits per heavy atom. The molecular weight excluding hydrogens is 580 g/mol. The fraction of sp³-hybridized carbons (Fsp3) is 0.514. The first-order valence-electron chi connectivity index (χ1n) is 16.8. The Kier molecular flexibility index (Phi) is 11.5. The topological polar surface area (TPSA) is 103 Å². The minimum Gasteiger partial charge on any atom is -0.490 e. The lowest BCUT2D eigenvalue weighted by Gasteiger charge is -2.36. The van der Waals surface area contributed by atoms with Crippen LogP contribution < -0.4 is 15.4 Å². The van der Waals surface area contributed by atoms with Crippen molar-refractivity contribution in [3.63, 3.8) is 0 Å². The molecule has 3 N–H and O–H groups in total. The third-order valence-corrected chi connectivity index (χ3v) is 9.11. The van der Waals surface area contributed by atoms with Crippen molar-refractivity contribution >= 4 is 34.1 Å². The molecule has 0 aromatic heterocycles. The van der Waals surface area contributed by atoms with Crippen molar-refractivity contribution in [3.8, 4) is 5.75 Å². The molecule has 248 valence electrons. The van der Waals surface area contributed by atoms with Crippen LogP contribution in [-0.2, 0) is 4.74 Å². The number of benzene rings is 3. The van der Waals surface area contributed by atoms with E-state index in [-0.39, 0.29) is 30.6 Å². The molecule has 0 bridgehead atoms. The van der Waals surface area contributed by atoms with E-state index in [1.807, 2.05) is 56.3 Å². The first kappa shape index (κ1) is 33.7. The number of rotatable bonds is 8. The number of hydrogen-bond acceptors (Lipinski definition) is 6. The van der Waals surface area contributed by atoms with Crippen LogP contribution in [0.5, 0.6) is 5.75 Å². The predicted molar refractivity (Wildman–Crippen MR) is 184 cm³/mol. The zero-order chi connectivity index (χ0) is 32.6. The number of nitrogens with zero attached hydrogens (tertiary/aromatic N) is 2. The minimum atomic E-state index is -0.427. The van der Waals surface area contributed by atoms with E-state index in [4.69, 9.17) is 9.47 Å². The van der Waals surface area contributed by atoms with Crippen LogP contribution >= 0.6 is 0 Å². The van der Waals surface area contributed by atoms with Crippen LogP contribution in [0.1, 0.15) is 63.2 Å². The van der Waals surface area contributed by atoms with Crippen molar-refractivity contribution in [2.45, 2.75) is 71.1 Å². The van der Waals surface area contributed by atoms with E-state index in [2.05, 4.69) is 29.5 Å². The lowest BCUT2D eigenvalue weighted by Crippen LogP contribution is -2.47. The summed E-state index contributed by atoms with van der Waals surface area (Å²) in [6.45, 7) is 8.75. The van der Waals surface area contributed by atoms with Gasteiger partial charge in [0.15, 0.2) is 0 Å². The van der Waals surface area contributed by atoms with E-state index >= 15 is 0 Å². The van der Waals surface area contributed by atoms with Crippen molar-refractivity contribution in [1.29, 1.82) is 0 Å². The first-order chi connectivity index (χ1) is 22.2. The molecule has 46 heavy (non-hydrogen) atoms. The molecule has 1 aliphatic carbocycles. The van der Waals surface area contributed by atoms with Gasteiger partial charge < -0.3 is 35.0 Å². The first-order valence-corrected chi connectivity index (χ1v) is 16.8. The summed E-state index contributed by atoms with van der Waals surface area (Å²) in [7, 11) is 2.15. The monoisotopic (exact) mass is 630 g/mol. The number of aliphatic hydroxyl groups is 1. The summed E-state index contributed by atoms with van der Waals surface area (Å²) in [5, 5.41) is 18.0. The summed E-state index contributed by atoms with van der Waals surface area (Å²) >= 11 is 0. The van der Waals surface area contributed by atoms with Crippen molar-refractivity contribution in [2.24, 2.45) is 11.8 Å². The number of anilines is 2. The largest absolute Gasteiger partial charge is 0.490 e. The summed E-state index contributed by atoms with van der Waals surface area (Å²) < 4.78 is 12.8. The minimum absolute atomic E-state index is 0.0265. The van der Waals surface area contributed by atoms with Gasteiger partial charge >= 0.3 is 6.03 Å². The Morgan fingerprint density at radius 2 is 1.80 bits per heavy atom. The van der Waals surface area contributed by atoms with Crippen LogP contribution in [0, 0.1) is 11.8 Å². The number of carbonyl (C=O) groups is 2. The number of carbonyl (C=O) groups excluding carboxylic acids is 2. The second-order valence-corrected chi connectivity index (χ2v) is 13.3. The zero-order valence-corrected chi connectivity index (χ0v) is 27.7. The van der Waals surface area contributed by atoms with Crippen molar-refractivity contribution in [3.05, 3.63) is 66.2 Å². The van der Waals surface area contributed by atoms with Gasteiger partial charge in [-0.1, -0.05) is 43.3 Å². The van der Waals surface area contributed by atoms with Gasteiger partial charge in [0.2, 0.25) is 0 Å². The van der Waals surface area contributed by atoms with Gasteiger partial charge in [0.25, 0.3) is 5.91 Å². The van der Waals surface area contributed by atoms with E-state index in [0.29, 0.717) is 35.8 Å². The molecule has 9 heteroatoms. The molecule has 1 heterocycles. The molecule has 1 saturated carbocycles. The fourth-order valence-corrected chi connectivity index (χ4v) is 6.20. The van der Waals surface area contributed by atoms with Gasteiger partial charge in [0, 0.05) is 43.2 Å². The molecule has 0 spiro atoms. The smallest absolute Gasteiger partial charge is 0.323 e. The maximum absolute atomic E-state index is 14.4. The third kappa shape index (κ3) is 8.99. The van der Waals surface area contributed by atoms with E-state index in [1.54, 1.807) is 23.1 Å². The Labute approximate surface area is 273 Å². The number of likely N-dealkylation sites (N-methyl/N-ethyl adjacent to an activating group) is 1. The van der Waals surface area contributed by atoms with Crippen LogP contribution in [0.2, 0.25) is 0 Å². The number of hydrogen-bond donors (Lipinski definition) is 3. The van der Waals surface area contributed by atoms with E-state index in [9.17, 15) is 14.7 Å². The highest BCUT2D eigenvalue weighted by molar-refractivity contribution is 6.07. The molecule has 0 unspecified atom stereocenters. The van der Waals surface area contributed by atoms with Gasteiger partial charge in [-0.25, -0.2) is 4.79 Å². The Hall–Kier alpha value is -3.66. The van der Waals surface area contributed by atoms with E-state index in [0.717, 1.165) is 49.0 Å². The Bertz CT molecular complexity index is 1470. The van der Waals surface area contributed by atoms with Crippen LogP contribution in [0.4, 0.5) is 16.2 Å². The highest BCUT2D eigenvalue weighted by atomic mass is 16.5. The highest BCUT2D eigenvalue weighted by Crippen LogP contribution is 2.31. The molecule has 9 nitrogen and oxygen atoms in total. The van der Waals surface area contributed by atoms with Gasteiger partial charge in [-0.05, 0) is 88.6 Å². The average molecular weight is 631 g/mol. The molecule has 2 aliphatic rings. The number of fused-ring (bicyclic) bond motifs is 2. The second kappa shape index (κ2) is 15.8. The lowest BCUT2D eigenvalue weighted by molar-refractivity contribution is -0.0172. The predicted octanol–water partition coefficient (Wildman–Crippen LogP) is 6.62. The molecule has 0 radical (unpaired) electrons. The molecule has 1 fully saturated rings. The van der Waals surface area contributed by atoms with Gasteiger partial charge in [-0.3, -0.25) is 4.79 Å². The highest BCUT2D eigenvalue weighted by Gasteiger charge is 2.31. The molecular formula is C37H50N4O5. The van der Waals surface area contributed by atoms with Gasteiger partial charge in [-0.2, -0.15) is 0 Å². The van der Waals surface area contributed by atoms with Crippen molar-refractivity contribution < 1.29 is 24.2 Å². The molecule has 0 saturated heterocycles. The fourth-order valence-electron chi connectivity index (χ4n) is 6.20. The molecule has 1 aliphatic heterocycles. The Balaban J connectivity index is 1.39. The average Bonchev–Trinajstić information content (AvgIpc) is 3.86. The molecule has 3 aromatic rings. The van der Waals surface area contributed by atoms with E-state index in [1.165, 1.54) is 12.8 Å². The number of aliphatic hydroxyl groups excluding tert-OH is 1. The third-order valence-electron chi connectivity index (χ3n) is 9.11. The standard InChI is InChI=1S/C37H50N4O5/c1-25-21-41(26(2)24-42)36(43)32-20-30(38-37(44)39-33-14-9-12-29-11-5-6-13-31(29)33)17-18-34(32)46-27(3)10-7-8-19-45-35(25)23-40(4)22-28-15-16-28/h5-6,9,11-14,17-18,20,25-28,35,42H,7-8,10,15-16,19,21-24H2,1-4H3,(H2,38,39,44)/t25-,26+,27-,35+/m0/s1. The van der Waals surface area contributed by atoms with Crippen molar-refractivity contribution in [1.82, 2.24) is 9.80 Å². The zero-order valence-electron chi connectivity index (χ0n) is 27.7. The number of nitrogens with one attached hydrogen (secondary N) is 2. The number of amides is 3. The molecule has 4 atom stereocenters. The van der Waals surface area contributed by atoms with Crippen LogP contribution in [0.15, 0.2) is 60.7 Å².